The summed E-state index contributed by atoms with van der Waals surface area (Å²) in [6.45, 7) is 2.00. The fraction of sp³-hybridized carbons (Fsp3) is 0.0588. The Morgan fingerprint density at radius 1 is 1.04 bits per heavy atom. The van der Waals surface area contributed by atoms with Crippen LogP contribution < -0.4 is 16.2 Å². The van der Waals surface area contributed by atoms with Crippen LogP contribution in [0.3, 0.4) is 0 Å². The smallest absolute Gasteiger partial charge is 0.291 e. The van der Waals surface area contributed by atoms with E-state index in [1.165, 1.54) is 11.0 Å². The maximum Gasteiger partial charge on any atom is 0.291 e. The molecule has 1 amide bonds. The third kappa shape index (κ3) is 4.39. The number of aryl methyl sites for hydroxylation is 1. The van der Waals surface area contributed by atoms with E-state index in [0.717, 1.165) is 16.9 Å². The Hall–Kier alpha value is -3.26. The lowest BCUT2D eigenvalue weighted by Gasteiger charge is -2.10. The zero-order chi connectivity index (χ0) is 17.6. The zero-order valence-electron chi connectivity index (χ0n) is 13.4. The average Bonchev–Trinajstić information content (AvgIpc) is 3.13. The number of hydrogen-bond donors (Lipinski definition) is 3. The van der Waals surface area contributed by atoms with E-state index in [4.69, 9.17) is 12.2 Å². The van der Waals surface area contributed by atoms with Crippen LogP contribution in [0.15, 0.2) is 60.8 Å². The van der Waals surface area contributed by atoms with Gasteiger partial charge in [0.15, 0.2) is 10.8 Å². The zero-order valence-corrected chi connectivity index (χ0v) is 14.2. The molecular weight excluding hydrogens is 336 g/mol. The highest BCUT2D eigenvalue weighted by Crippen LogP contribution is 2.08. The Morgan fingerprint density at radius 2 is 1.76 bits per heavy atom. The molecule has 126 valence electrons. The molecule has 3 N–H and O–H groups in total. The van der Waals surface area contributed by atoms with Crippen molar-refractivity contribution in [1.82, 2.24) is 25.8 Å². The third-order valence-electron chi connectivity index (χ3n) is 3.31. The molecular formula is C17H16N6OS. The number of hydrogen-bond acceptors (Lipinski definition) is 4. The second kappa shape index (κ2) is 7.54. The van der Waals surface area contributed by atoms with Crippen LogP contribution in [0.4, 0.5) is 5.69 Å². The minimum absolute atomic E-state index is 0.175. The first-order chi connectivity index (χ1) is 12.1. The van der Waals surface area contributed by atoms with Gasteiger partial charge in [-0.05, 0) is 43.4 Å². The molecule has 1 aromatic heterocycles. The number of aromatic nitrogens is 3. The van der Waals surface area contributed by atoms with E-state index in [9.17, 15) is 4.79 Å². The summed E-state index contributed by atoms with van der Waals surface area (Å²) in [5.41, 5.74) is 8.05. The largest absolute Gasteiger partial charge is 0.331 e. The summed E-state index contributed by atoms with van der Waals surface area (Å²) in [4.78, 5) is 13.5. The summed E-state index contributed by atoms with van der Waals surface area (Å²) >= 11 is 5.14. The highest BCUT2D eigenvalue weighted by molar-refractivity contribution is 7.80. The molecule has 0 saturated carbocycles. The van der Waals surface area contributed by atoms with Gasteiger partial charge in [0.1, 0.15) is 0 Å². The van der Waals surface area contributed by atoms with Crippen molar-refractivity contribution in [3.8, 4) is 5.69 Å². The minimum Gasteiger partial charge on any atom is -0.331 e. The summed E-state index contributed by atoms with van der Waals surface area (Å²) in [6, 6.07) is 17.1. The van der Waals surface area contributed by atoms with Crippen molar-refractivity contribution >= 4 is 28.9 Å². The van der Waals surface area contributed by atoms with Gasteiger partial charge < -0.3 is 5.32 Å². The van der Waals surface area contributed by atoms with Crippen LogP contribution in [-0.4, -0.2) is 26.0 Å². The predicted octanol–water partition coefficient (Wildman–Crippen LogP) is 2.21. The van der Waals surface area contributed by atoms with Crippen LogP contribution in [0.5, 0.6) is 0 Å². The summed E-state index contributed by atoms with van der Waals surface area (Å²) in [5, 5.41) is 11.5. The molecule has 25 heavy (non-hydrogen) atoms. The van der Waals surface area contributed by atoms with E-state index in [-0.39, 0.29) is 10.8 Å². The Kier molecular flexibility index (Phi) is 5.00. The monoisotopic (exact) mass is 352 g/mol. The van der Waals surface area contributed by atoms with Crippen molar-refractivity contribution in [3.05, 3.63) is 72.1 Å². The molecule has 0 radical (unpaired) electrons. The molecule has 0 aliphatic carbocycles. The van der Waals surface area contributed by atoms with E-state index >= 15 is 0 Å². The normalized spacial score (nSPS) is 10.1. The number of benzene rings is 2. The first kappa shape index (κ1) is 16.6. The van der Waals surface area contributed by atoms with Crippen molar-refractivity contribution in [2.45, 2.75) is 6.92 Å². The summed E-state index contributed by atoms with van der Waals surface area (Å²) in [7, 11) is 0. The topological polar surface area (TPSA) is 83.9 Å². The number of hydrazine groups is 1. The second-order valence-corrected chi connectivity index (χ2v) is 5.66. The van der Waals surface area contributed by atoms with Gasteiger partial charge in [-0.3, -0.25) is 15.6 Å². The number of carbonyl (C=O) groups excluding carboxylic acids is 1. The lowest BCUT2D eigenvalue weighted by molar-refractivity contribution is 0.0938. The van der Waals surface area contributed by atoms with E-state index in [1.54, 1.807) is 0 Å². The van der Waals surface area contributed by atoms with Gasteiger partial charge in [-0.15, -0.1) is 5.10 Å². The van der Waals surface area contributed by atoms with Gasteiger partial charge in [-0.2, -0.15) is 9.90 Å². The Balaban J connectivity index is 1.55. The van der Waals surface area contributed by atoms with Gasteiger partial charge >= 0.3 is 0 Å². The van der Waals surface area contributed by atoms with Crippen LogP contribution >= 0.6 is 12.2 Å². The van der Waals surface area contributed by atoms with E-state index in [1.807, 2.05) is 61.5 Å². The lowest BCUT2D eigenvalue weighted by Crippen LogP contribution is -2.43. The molecule has 0 bridgehead atoms. The van der Waals surface area contributed by atoms with Crippen LogP contribution in [0.2, 0.25) is 0 Å². The van der Waals surface area contributed by atoms with E-state index in [2.05, 4.69) is 26.4 Å². The molecule has 0 saturated heterocycles. The number of carbonyl (C=O) groups is 1. The number of thiocarbonyl (C=S) groups is 1. The van der Waals surface area contributed by atoms with Gasteiger partial charge in [-0.1, -0.05) is 35.9 Å². The highest BCUT2D eigenvalue weighted by Gasteiger charge is 2.11. The number of anilines is 1. The van der Waals surface area contributed by atoms with E-state index < -0.39 is 5.91 Å². The summed E-state index contributed by atoms with van der Waals surface area (Å²) in [5.74, 6) is -0.435. The summed E-state index contributed by atoms with van der Waals surface area (Å²) < 4.78 is 0. The van der Waals surface area contributed by atoms with Gasteiger partial charge in [0, 0.05) is 5.69 Å². The van der Waals surface area contributed by atoms with Gasteiger partial charge in [-0.25, -0.2) is 0 Å². The standard InChI is InChI=1S/C17H16N6OS/c1-12-7-9-13(10-8-12)19-17(25)21-20-16(24)15-11-18-23(22-15)14-5-3-2-4-6-14/h2-11H,1H3,(H,20,24)(H2,19,21,25). The Morgan fingerprint density at radius 3 is 2.48 bits per heavy atom. The third-order valence-corrected chi connectivity index (χ3v) is 3.51. The SMILES string of the molecule is Cc1ccc(NC(=S)NNC(=O)c2cnn(-c3ccccc3)n2)cc1. The van der Waals surface area contributed by atoms with Gasteiger partial charge in [0.2, 0.25) is 0 Å². The quantitative estimate of drug-likeness (QED) is 0.495. The first-order valence-electron chi connectivity index (χ1n) is 7.53. The van der Waals surface area contributed by atoms with Crippen LogP contribution in [0, 0.1) is 6.92 Å². The van der Waals surface area contributed by atoms with Gasteiger partial charge in [0.25, 0.3) is 5.91 Å². The second-order valence-electron chi connectivity index (χ2n) is 5.25. The molecule has 0 spiro atoms. The number of nitrogens with zero attached hydrogens (tertiary/aromatic N) is 3. The lowest BCUT2D eigenvalue weighted by atomic mass is 10.2. The number of para-hydroxylation sites is 1. The molecule has 3 aromatic rings. The number of nitrogens with one attached hydrogen (secondary N) is 3. The molecule has 8 heteroatoms. The van der Waals surface area contributed by atoms with Crippen molar-refractivity contribution in [2.75, 3.05) is 5.32 Å². The minimum atomic E-state index is -0.435. The molecule has 7 nitrogen and oxygen atoms in total. The molecule has 2 aromatic carbocycles. The average molecular weight is 352 g/mol. The van der Waals surface area contributed by atoms with Crippen LogP contribution in [0.1, 0.15) is 16.1 Å². The maximum atomic E-state index is 12.1. The van der Waals surface area contributed by atoms with Crippen molar-refractivity contribution in [1.29, 1.82) is 0 Å². The van der Waals surface area contributed by atoms with Crippen LogP contribution in [-0.2, 0) is 0 Å². The van der Waals surface area contributed by atoms with Crippen LogP contribution in [0.25, 0.3) is 5.69 Å². The van der Waals surface area contributed by atoms with Crippen molar-refractivity contribution in [3.63, 3.8) is 0 Å². The first-order valence-corrected chi connectivity index (χ1v) is 7.94. The Labute approximate surface area is 150 Å². The predicted molar refractivity (Wildman–Crippen MR) is 99.4 cm³/mol. The van der Waals surface area contributed by atoms with E-state index in [0.29, 0.717) is 0 Å². The Bertz CT molecular complexity index is 876. The molecule has 0 unspecified atom stereocenters. The molecule has 0 fully saturated rings. The molecule has 1 heterocycles. The summed E-state index contributed by atoms with van der Waals surface area (Å²) in [6.07, 6.45) is 1.39. The van der Waals surface area contributed by atoms with Crippen molar-refractivity contribution < 1.29 is 4.79 Å². The fourth-order valence-corrected chi connectivity index (χ4v) is 2.20. The van der Waals surface area contributed by atoms with Crippen molar-refractivity contribution in [2.24, 2.45) is 0 Å². The molecule has 0 atom stereocenters. The van der Waals surface area contributed by atoms with Gasteiger partial charge in [0.05, 0.1) is 11.9 Å². The molecule has 0 aliphatic heterocycles. The molecule has 0 aliphatic rings. The fourth-order valence-electron chi connectivity index (χ4n) is 2.03. The highest BCUT2D eigenvalue weighted by atomic mass is 32.1. The number of amides is 1. The number of rotatable bonds is 3. The maximum absolute atomic E-state index is 12.1. The molecule has 3 rings (SSSR count).